The Hall–Kier alpha value is -1.01. The predicted molar refractivity (Wildman–Crippen MR) is 90.2 cm³/mol. The molecule has 1 aliphatic rings. The second-order valence-corrected chi connectivity index (χ2v) is 10.1. The third-order valence-corrected chi connectivity index (χ3v) is 8.33. The highest BCUT2D eigenvalue weighted by Gasteiger charge is 2.34. The Balaban J connectivity index is 2.28. The molecule has 0 unspecified atom stereocenters. The molecule has 0 radical (unpaired) electrons. The van der Waals surface area contributed by atoms with Crippen molar-refractivity contribution in [2.45, 2.75) is 25.2 Å². The number of rotatable bonds is 4. The zero-order chi connectivity index (χ0) is 18.3. The highest BCUT2D eigenvalue weighted by molar-refractivity contribution is 7.89. The zero-order valence-corrected chi connectivity index (χ0v) is 16.4. The minimum atomic E-state index is -3.70. The molecule has 0 aromatic carbocycles. The van der Waals surface area contributed by atoms with E-state index in [0.29, 0.717) is 24.4 Å². The molecule has 1 saturated heterocycles. The summed E-state index contributed by atoms with van der Waals surface area (Å²) in [5, 5.41) is 4.17. The van der Waals surface area contributed by atoms with Crippen molar-refractivity contribution in [1.82, 2.24) is 22.7 Å². The number of hydrogen-bond donors (Lipinski definition) is 0. The predicted octanol–water partition coefficient (Wildman–Crippen LogP) is -0.460. The summed E-state index contributed by atoms with van der Waals surface area (Å²) in [4.78, 5) is 0.217. The molecule has 0 bridgehead atoms. The molecule has 9 nitrogen and oxygen atoms in total. The van der Waals surface area contributed by atoms with Gasteiger partial charge >= 0.3 is 0 Å². The number of nitrogens with zero attached hydrogens (tertiary/aromatic N) is 5. The second kappa shape index (κ2) is 6.71. The van der Waals surface area contributed by atoms with E-state index in [1.807, 2.05) is 0 Å². The lowest BCUT2D eigenvalue weighted by molar-refractivity contribution is 0.378. The van der Waals surface area contributed by atoms with Crippen LogP contribution in [0.1, 0.15) is 17.8 Å². The van der Waals surface area contributed by atoms with Crippen LogP contribution in [-0.2, 0) is 27.3 Å². The molecule has 0 saturated carbocycles. The zero-order valence-electron chi connectivity index (χ0n) is 14.7. The van der Waals surface area contributed by atoms with E-state index in [4.69, 9.17) is 0 Å². The van der Waals surface area contributed by atoms with E-state index in [1.165, 1.54) is 22.7 Å². The highest BCUT2D eigenvalue weighted by Crippen LogP contribution is 2.24. The van der Waals surface area contributed by atoms with Gasteiger partial charge in [-0.1, -0.05) is 0 Å². The van der Waals surface area contributed by atoms with Gasteiger partial charge in [0.2, 0.25) is 10.0 Å². The Morgan fingerprint density at radius 3 is 2.00 bits per heavy atom. The molecule has 0 aliphatic carbocycles. The van der Waals surface area contributed by atoms with Crippen LogP contribution in [0.15, 0.2) is 4.90 Å². The number of aromatic nitrogens is 2. The average molecular weight is 380 g/mol. The minimum absolute atomic E-state index is 0.128. The highest BCUT2D eigenvalue weighted by atomic mass is 32.2. The third-order valence-electron chi connectivity index (χ3n) is 4.24. The van der Waals surface area contributed by atoms with Crippen LogP contribution in [0, 0.1) is 13.8 Å². The summed E-state index contributed by atoms with van der Waals surface area (Å²) in [6, 6.07) is 0. The monoisotopic (exact) mass is 379 g/mol. The van der Waals surface area contributed by atoms with Crippen LogP contribution in [-0.4, -0.2) is 79.8 Å². The minimum Gasteiger partial charge on any atom is -0.271 e. The summed E-state index contributed by atoms with van der Waals surface area (Å²) in [5.74, 6) is 0. The van der Waals surface area contributed by atoms with Crippen LogP contribution in [0.2, 0.25) is 0 Å². The Bertz CT molecular complexity index is 814. The van der Waals surface area contributed by atoms with E-state index in [-0.39, 0.29) is 24.5 Å². The second-order valence-electron chi connectivity index (χ2n) is 6.07. The number of aryl methyl sites for hydroxylation is 2. The Morgan fingerprint density at radius 2 is 1.50 bits per heavy atom. The molecule has 1 aromatic rings. The maximum Gasteiger partial charge on any atom is 0.281 e. The largest absolute Gasteiger partial charge is 0.281 e. The summed E-state index contributed by atoms with van der Waals surface area (Å²) in [7, 11) is -2.60. The topological polar surface area (TPSA) is 95.8 Å². The maximum atomic E-state index is 13.0. The first-order valence-corrected chi connectivity index (χ1v) is 10.5. The van der Waals surface area contributed by atoms with Crippen LogP contribution in [0.5, 0.6) is 0 Å². The molecular weight excluding hydrogens is 354 g/mol. The van der Waals surface area contributed by atoms with Crippen molar-refractivity contribution in [2.75, 3.05) is 40.3 Å². The molecule has 0 amide bonds. The van der Waals surface area contributed by atoms with Crippen LogP contribution >= 0.6 is 0 Å². The molecule has 24 heavy (non-hydrogen) atoms. The van der Waals surface area contributed by atoms with E-state index >= 15 is 0 Å². The van der Waals surface area contributed by atoms with Gasteiger partial charge in [-0.25, -0.2) is 8.42 Å². The Kier molecular flexibility index (Phi) is 5.40. The van der Waals surface area contributed by atoms with Crippen molar-refractivity contribution in [3.8, 4) is 0 Å². The van der Waals surface area contributed by atoms with Gasteiger partial charge in [0, 0.05) is 47.3 Å². The molecular formula is C13H25N5O4S2. The summed E-state index contributed by atoms with van der Waals surface area (Å²) in [6.07, 6.45) is 0.449. The van der Waals surface area contributed by atoms with Gasteiger partial charge in [-0.15, -0.1) is 0 Å². The molecule has 1 fully saturated rings. The first kappa shape index (κ1) is 19.3. The fourth-order valence-corrected chi connectivity index (χ4v) is 5.83. The van der Waals surface area contributed by atoms with Crippen molar-refractivity contribution >= 4 is 20.2 Å². The fourth-order valence-electron chi connectivity index (χ4n) is 2.83. The smallest absolute Gasteiger partial charge is 0.271 e. The molecule has 11 heteroatoms. The Labute approximate surface area is 144 Å². The molecule has 0 spiro atoms. The lowest BCUT2D eigenvalue weighted by Crippen LogP contribution is -2.42. The van der Waals surface area contributed by atoms with E-state index in [0.717, 1.165) is 4.31 Å². The normalized spacial score (nSPS) is 18.9. The standard InChI is InChI=1S/C13H25N5O4S2/c1-11-13(12(2)16(5)14-11)23(19,20)17-7-6-8-18(10-9-17)24(21,22)15(3)4/h6-10H2,1-5H3. The van der Waals surface area contributed by atoms with Gasteiger partial charge in [-0.2, -0.15) is 26.4 Å². The molecule has 1 aromatic heterocycles. The molecule has 0 N–H and O–H groups in total. The van der Waals surface area contributed by atoms with Gasteiger partial charge in [0.05, 0.1) is 11.4 Å². The van der Waals surface area contributed by atoms with Crippen molar-refractivity contribution < 1.29 is 16.8 Å². The van der Waals surface area contributed by atoms with E-state index in [1.54, 1.807) is 25.6 Å². The van der Waals surface area contributed by atoms with Crippen LogP contribution in [0.3, 0.4) is 0 Å². The fraction of sp³-hybridized carbons (Fsp3) is 0.769. The van der Waals surface area contributed by atoms with Crippen molar-refractivity contribution in [1.29, 1.82) is 0 Å². The van der Waals surface area contributed by atoms with Gasteiger partial charge < -0.3 is 0 Å². The van der Waals surface area contributed by atoms with Gasteiger partial charge in [0.1, 0.15) is 4.90 Å². The molecule has 2 rings (SSSR count). The van der Waals surface area contributed by atoms with E-state index in [9.17, 15) is 16.8 Å². The SMILES string of the molecule is Cc1nn(C)c(C)c1S(=O)(=O)N1CCCN(S(=O)(=O)N(C)C)CC1. The van der Waals surface area contributed by atoms with Crippen molar-refractivity contribution in [3.63, 3.8) is 0 Å². The lowest BCUT2D eigenvalue weighted by atomic mass is 10.4. The van der Waals surface area contributed by atoms with E-state index in [2.05, 4.69) is 5.10 Å². The first-order valence-electron chi connectivity index (χ1n) is 7.67. The molecule has 2 heterocycles. The molecule has 1 aliphatic heterocycles. The molecule has 0 atom stereocenters. The summed E-state index contributed by atoms with van der Waals surface area (Å²) in [6.45, 7) is 4.24. The number of hydrogen-bond acceptors (Lipinski definition) is 5. The van der Waals surface area contributed by atoms with Gasteiger partial charge in [0.25, 0.3) is 10.2 Å². The van der Waals surface area contributed by atoms with Crippen molar-refractivity contribution in [3.05, 3.63) is 11.4 Å². The Morgan fingerprint density at radius 1 is 0.958 bits per heavy atom. The van der Waals surface area contributed by atoms with Crippen LogP contribution in [0.25, 0.3) is 0 Å². The van der Waals surface area contributed by atoms with Crippen LogP contribution < -0.4 is 0 Å². The third kappa shape index (κ3) is 3.36. The molecule has 138 valence electrons. The average Bonchev–Trinajstić information content (AvgIpc) is 2.68. The van der Waals surface area contributed by atoms with Gasteiger partial charge in [0.15, 0.2) is 0 Å². The van der Waals surface area contributed by atoms with Gasteiger partial charge in [-0.3, -0.25) is 4.68 Å². The number of sulfonamides is 1. The maximum absolute atomic E-state index is 13.0. The van der Waals surface area contributed by atoms with Crippen LogP contribution in [0.4, 0.5) is 0 Å². The van der Waals surface area contributed by atoms with E-state index < -0.39 is 20.2 Å². The summed E-state index contributed by atoms with van der Waals surface area (Å²) in [5.41, 5.74) is 1.03. The summed E-state index contributed by atoms with van der Waals surface area (Å²) < 4.78 is 55.8. The first-order chi connectivity index (χ1) is 11.0. The van der Waals surface area contributed by atoms with Crippen molar-refractivity contribution in [2.24, 2.45) is 7.05 Å². The quantitative estimate of drug-likeness (QED) is 0.705. The van der Waals surface area contributed by atoms with Gasteiger partial charge in [-0.05, 0) is 20.3 Å². The lowest BCUT2D eigenvalue weighted by Gasteiger charge is -2.24. The summed E-state index contributed by atoms with van der Waals surface area (Å²) >= 11 is 0.